The number of β-lactam (4-membered cyclic amide) rings is 1. The summed E-state index contributed by atoms with van der Waals surface area (Å²) in [4.78, 5) is 25.3. The maximum Gasteiger partial charge on any atom is 0.417 e. The lowest BCUT2D eigenvalue weighted by Crippen LogP contribution is -2.63. The summed E-state index contributed by atoms with van der Waals surface area (Å²) in [6.45, 7) is 5.44. The number of amides is 2. The number of allylic oxidation sites excluding steroid dienone is 2. The minimum atomic E-state index is -0.552. The van der Waals surface area contributed by atoms with Crippen LogP contribution >= 0.6 is 0 Å². The van der Waals surface area contributed by atoms with Gasteiger partial charge in [-0.2, -0.15) is 0 Å². The number of fused-ring (bicyclic) bond motifs is 1. The van der Waals surface area contributed by atoms with Crippen LogP contribution in [-0.2, 0) is 9.53 Å². The lowest BCUT2D eigenvalue weighted by molar-refractivity contribution is -0.154. The Bertz CT molecular complexity index is 381. The van der Waals surface area contributed by atoms with Crippen molar-refractivity contribution in [2.75, 3.05) is 0 Å². The van der Waals surface area contributed by atoms with Gasteiger partial charge in [-0.25, -0.2) is 9.69 Å². The molecule has 2 aliphatic rings. The molecule has 4 nitrogen and oxygen atoms in total. The quantitative estimate of drug-likeness (QED) is 0.491. The van der Waals surface area contributed by atoms with Gasteiger partial charge in [0.1, 0.15) is 5.60 Å². The molecule has 18 heavy (non-hydrogen) atoms. The molecule has 0 spiro atoms. The second-order valence-corrected chi connectivity index (χ2v) is 5.99. The van der Waals surface area contributed by atoms with Crippen molar-refractivity contribution in [2.24, 2.45) is 5.92 Å². The number of imide groups is 1. The SMILES string of the molecule is CC(C)(C)OC(=O)N1C(=O)[C@H]2CCC=CCC[C@@H]21. The second kappa shape index (κ2) is 4.75. The van der Waals surface area contributed by atoms with E-state index in [1.54, 1.807) is 0 Å². The summed E-state index contributed by atoms with van der Waals surface area (Å²) in [5, 5.41) is 0. The summed E-state index contributed by atoms with van der Waals surface area (Å²) in [5.74, 6) is -0.0491. The first-order valence-corrected chi connectivity index (χ1v) is 6.61. The van der Waals surface area contributed by atoms with Crippen molar-refractivity contribution >= 4 is 12.0 Å². The molecular formula is C14H21NO3. The van der Waals surface area contributed by atoms with E-state index < -0.39 is 11.7 Å². The van der Waals surface area contributed by atoms with Crippen LogP contribution in [0.4, 0.5) is 4.79 Å². The number of nitrogens with zero attached hydrogens (tertiary/aromatic N) is 1. The van der Waals surface area contributed by atoms with Gasteiger partial charge in [0.05, 0.1) is 12.0 Å². The molecule has 100 valence electrons. The average Bonchev–Trinajstić information content (AvgIpc) is 2.19. The highest BCUT2D eigenvalue weighted by Gasteiger charge is 2.50. The first-order chi connectivity index (χ1) is 8.40. The van der Waals surface area contributed by atoms with Crippen LogP contribution in [0.5, 0.6) is 0 Å². The Morgan fingerprint density at radius 3 is 2.50 bits per heavy atom. The maximum absolute atomic E-state index is 12.0. The highest BCUT2D eigenvalue weighted by molar-refractivity contribution is 5.99. The Balaban J connectivity index is 2.04. The Morgan fingerprint density at radius 2 is 1.89 bits per heavy atom. The smallest absolute Gasteiger partial charge is 0.417 e. The van der Waals surface area contributed by atoms with Gasteiger partial charge in [0, 0.05) is 0 Å². The fourth-order valence-electron chi connectivity index (χ4n) is 2.57. The molecule has 0 bridgehead atoms. The number of ether oxygens (including phenoxy) is 1. The van der Waals surface area contributed by atoms with E-state index >= 15 is 0 Å². The van der Waals surface area contributed by atoms with Crippen molar-refractivity contribution in [3.8, 4) is 0 Å². The van der Waals surface area contributed by atoms with Gasteiger partial charge in [-0.3, -0.25) is 4.79 Å². The zero-order chi connectivity index (χ0) is 13.3. The zero-order valence-corrected chi connectivity index (χ0v) is 11.3. The van der Waals surface area contributed by atoms with Crippen LogP contribution in [-0.4, -0.2) is 28.5 Å². The van der Waals surface area contributed by atoms with E-state index in [0.29, 0.717) is 0 Å². The third-order valence-corrected chi connectivity index (χ3v) is 3.38. The van der Waals surface area contributed by atoms with Crippen molar-refractivity contribution < 1.29 is 14.3 Å². The number of rotatable bonds is 0. The Morgan fingerprint density at radius 1 is 1.28 bits per heavy atom. The molecule has 0 aromatic heterocycles. The predicted octanol–water partition coefficient (Wildman–Crippen LogP) is 2.88. The van der Waals surface area contributed by atoms with E-state index in [0.717, 1.165) is 25.7 Å². The van der Waals surface area contributed by atoms with Gasteiger partial charge in [0.25, 0.3) is 0 Å². The molecule has 1 saturated heterocycles. The minimum absolute atomic E-state index is 0.0162. The summed E-state index contributed by atoms with van der Waals surface area (Å²) in [7, 11) is 0. The highest BCUT2D eigenvalue weighted by atomic mass is 16.6. The van der Waals surface area contributed by atoms with Crippen LogP contribution in [0.2, 0.25) is 0 Å². The van der Waals surface area contributed by atoms with Gasteiger partial charge >= 0.3 is 6.09 Å². The monoisotopic (exact) mass is 251 g/mol. The summed E-state index contributed by atoms with van der Waals surface area (Å²) in [5.41, 5.74) is -0.552. The standard InChI is InChI=1S/C14H21NO3/c1-14(2,3)18-13(17)15-11-9-7-5-4-6-8-10(11)12(15)16/h4-5,10-11H,6-9H2,1-3H3/t10-,11-/m0/s1. The number of hydrogen-bond donors (Lipinski definition) is 0. The van der Waals surface area contributed by atoms with E-state index in [1.165, 1.54) is 4.90 Å². The second-order valence-electron chi connectivity index (χ2n) is 5.99. The van der Waals surface area contributed by atoms with Crippen LogP contribution in [0.25, 0.3) is 0 Å². The fraction of sp³-hybridized carbons (Fsp3) is 0.714. The average molecular weight is 251 g/mol. The molecule has 1 heterocycles. The molecule has 0 N–H and O–H groups in total. The van der Waals surface area contributed by atoms with E-state index in [4.69, 9.17) is 4.74 Å². The van der Waals surface area contributed by atoms with Gasteiger partial charge in [-0.1, -0.05) is 12.2 Å². The van der Waals surface area contributed by atoms with Crippen LogP contribution < -0.4 is 0 Å². The van der Waals surface area contributed by atoms with Crippen molar-refractivity contribution in [1.29, 1.82) is 0 Å². The molecule has 2 atom stereocenters. The number of hydrogen-bond acceptors (Lipinski definition) is 3. The topological polar surface area (TPSA) is 46.6 Å². The first kappa shape index (κ1) is 13.1. The highest BCUT2D eigenvalue weighted by Crippen LogP contribution is 2.36. The third kappa shape index (κ3) is 2.57. The molecule has 2 amide bonds. The Hall–Kier alpha value is -1.32. The van der Waals surface area contributed by atoms with Crippen LogP contribution in [0.3, 0.4) is 0 Å². The molecule has 0 aromatic rings. The molecule has 0 saturated carbocycles. The van der Waals surface area contributed by atoms with Crippen LogP contribution in [0.15, 0.2) is 12.2 Å². The number of carbonyl (C=O) groups excluding carboxylic acids is 2. The summed E-state index contributed by atoms with van der Waals surface area (Å²) >= 11 is 0. The number of likely N-dealkylation sites (tertiary alicyclic amines) is 1. The first-order valence-electron chi connectivity index (χ1n) is 6.61. The summed E-state index contributed by atoms with van der Waals surface area (Å²) in [6, 6.07) is 0.0392. The van der Waals surface area contributed by atoms with Crippen LogP contribution in [0.1, 0.15) is 46.5 Å². The lowest BCUT2D eigenvalue weighted by Gasteiger charge is -2.46. The molecule has 4 heteroatoms. The fourth-order valence-corrected chi connectivity index (χ4v) is 2.57. The summed E-state index contributed by atoms with van der Waals surface area (Å²) in [6.07, 6.45) is 7.32. The van der Waals surface area contributed by atoms with E-state index in [1.807, 2.05) is 20.8 Å². The van der Waals surface area contributed by atoms with Crippen molar-refractivity contribution in [3.63, 3.8) is 0 Å². The van der Waals surface area contributed by atoms with Gasteiger partial charge in [-0.05, 0) is 46.5 Å². The van der Waals surface area contributed by atoms with Gasteiger partial charge in [0.15, 0.2) is 0 Å². The zero-order valence-electron chi connectivity index (χ0n) is 11.3. The molecule has 1 aliphatic carbocycles. The molecular weight excluding hydrogens is 230 g/mol. The van der Waals surface area contributed by atoms with Crippen molar-refractivity contribution in [3.05, 3.63) is 12.2 Å². The Labute approximate surface area is 108 Å². The minimum Gasteiger partial charge on any atom is -0.443 e. The number of carbonyl (C=O) groups is 2. The van der Waals surface area contributed by atoms with Gasteiger partial charge in [-0.15, -0.1) is 0 Å². The molecule has 1 aliphatic heterocycles. The molecule has 0 aromatic carbocycles. The lowest BCUT2D eigenvalue weighted by atomic mass is 9.80. The van der Waals surface area contributed by atoms with Crippen molar-refractivity contribution in [1.82, 2.24) is 4.90 Å². The maximum atomic E-state index is 12.0. The van der Waals surface area contributed by atoms with E-state index in [9.17, 15) is 9.59 Å². The third-order valence-electron chi connectivity index (χ3n) is 3.38. The summed E-state index contributed by atoms with van der Waals surface area (Å²) < 4.78 is 5.28. The van der Waals surface area contributed by atoms with E-state index in [-0.39, 0.29) is 17.9 Å². The van der Waals surface area contributed by atoms with Gasteiger partial charge < -0.3 is 4.74 Å². The van der Waals surface area contributed by atoms with Gasteiger partial charge in [0.2, 0.25) is 5.91 Å². The molecule has 0 radical (unpaired) electrons. The van der Waals surface area contributed by atoms with Crippen molar-refractivity contribution in [2.45, 2.75) is 58.1 Å². The normalized spacial score (nSPS) is 27.9. The predicted molar refractivity (Wildman–Crippen MR) is 68.0 cm³/mol. The van der Waals surface area contributed by atoms with E-state index in [2.05, 4.69) is 12.2 Å². The molecule has 2 rings (SSSR count). The molecule has 1 fully saturated rings. The molecule has 0 unspecified atom stereocenters. The van der Waals surface area contributed by atoms with Crippen LogP contribution in [0, 0.1) is 5.92 Å². The largest absolute Gasteiger partial charge is 0.443 e. The Kier molecular flexibility index (Phi) is 3.46.